The highest BCUT2D eigenvalue weighted by Gasteiger charge is 2.16. The molecule has 0 amide bonds. The van der Waals surface area contributed by atoms with E-state index >= 15 is 0 Å². The fourth-order valence-corrected chi connectivity index (χ4v) is 1.66. The van der Waals surface area contributed by atoms with Crippen LogP contribution in [-0.4, -0.2) is 18.8 Å². The van der Waals surface area contributed by atoms with Crippen molar-refractivity contribution in [1.29, 1.82) is 0 Å². The summed E-state index contributed by atoms with van der Waals surface area (Å²) in [7, 11) is 1.63. The maximum atomic E-state index is 10.00. The van der Waals surface area contributed by atoms with E-state index in [1.807, 2.05) is 32.0 Å². The molecule has 1 N–H and O–H groups in total. The molecular formula is C12H17ClO2. The van der Waals surface area contributed by atoms with E-state index in [0.29, 0.717) is 11.6 Å². The number of hydrogen-bond donors (Lipinski definition) is 1. The zero-order valence-electron chi connectivity index (χ0n) is 9.33. The van der Waals surface area contributed by atoms with E-state index in [-0.39, 0.29) is 5.92 Å². The van der Waals surface area contributed by atoms with Crippen molar-refractivity contribution < 1.29 is 9.84 Å². The average Bonchev–Trinajstić information content (AvgIpc) is 2.21. The fourth-order valence-electron chi connectivity index (χ4n) is 1.48. The molecule has 0 heterocycles. The van der Waals surface area contributed by atoms with Gasteiger partial charge in [0, 0.05) is 18.1 Å². The van der Waals surface area contributed by atoms with Crippen molar-refractivity contribution in [3.05, 3.63) is 34.3 Å². The molecule has 2 nitrogen and oxygen atoms in total. The molecule has 2 atom stereocenters. The Morgan fingerprint density at radius 2 is 2.13 bits per heavy atom. The number of halogens is 1. The molecular weight excluding hydrogens is 212 g/mol. The molecule has 0 saturated heterocycles. The Labute approximate surface area is 95.8 Å². The van der Waals surface area contributed by atoms with Gasteiger partial charge in [-0.05, 0) is 24.1 Å². The van der Waals surface area contributed by atoms with Gasteiger partial charge in [-0.25, -0.2) is 0 Å². The number of benzene rings is 1. The van der Waals surface area contributed by atoms with Crippen LogP contribution in [0.5, 0.6) is 0 Å². The van der Waals surface area contributed by atoms with Crippen LogP contribution in [0.3, 0.4) is 0 Å². The van der Waals surface area contributed by atoms with E-state index in [2.05, 4.69) is 0 Å². The molecule has 0 radical (unpaired) electrons. The fraction of sp³-hybridized carbons (Fsp3) is 0.500. The lowest BCUT2D eigenvalue weighted by atomic mass is 9.97. The Kier molecular flexibility index (Phi) is 4.58. The van der Waals surface area contributed by atoms with Gasteiger partial charge in [0.1, 0.15) is 0 Å². The van der Waals surface area contributed by atoms with Gasteiger partial charge in [0.05, 0.1) is 12.7 Å². The number of aliphatic hydroxyl groups excluding tert-OH is 1. The average molecular weight is 229 g/mol. The second-order valence-electron chi connectivity index (χ2n) is 3.89. The normalized spacial score (nSPS) is 15.0. The van der Waals surface area contributed by atoms with Gasteiger partial charge < -0.3 is 9.84 Å². The van der Waals surface area contributed by atoms with Crippen molar-refractivity contribution in [3.8, 4) is 0 Å². The number of aliphatic hydroxyl groups is 1. The van der Waals surface area contributed by atoms with Gasteiger partial charge >= 0.3 is 0 Å². The minimum atomic E-state index is -0.525. The molecule has 0 aliphatic rings. The van der Waals surface area contributed by atoms with Crippen molar-refractivity contribution in [2.75, 3.05) is 13.7 Å². The number of rotatable bonds is 4. The second kappa shape index (κ2) is 5.50. The lowest BCUT2D eigenvalue weighted by Crippen LogP contribution is -2.14. The topological polar surface area (TPSA) is 29.5 Å². The molecule has 0 fully saturated rings. The summed E-state index contributed by atoms with van der Waals surface area (Å²) >= 11 is 6.00. The van der Waals surface area contributed by atoms with E-state index in [4.69, 9.17) is 16.3 Å². The van der Waals surface area contributed by atoms with Crippen molar-refractivity contribution >= 4 is 11.6 Å². The van der Waals surface area contributed by atoms with E-state index in [1.54, 1.807) is 7.11 Å². The smallest absolute Gasteiger partial charge is 0.0838 e. The summed E-state index contributed by atoms with van der Waals surface area (Å²) in [4.78, 5) is 0. The van der Waals surface area contributed by atoms with Gasteiger partial charge in [-0.1, -0.05) is 30.7 Å². The zero-order valence-corrected chi connectivity index (χ0v) is 10.1. The maximum absolute atomic E-state index is 10.00. The Balaban J connectivity index is 2.81. The predicted octanol–water partition coefficient (Wildman–Crippen LogP) is 2.96. The first-order valence-corrected chi connectivity index (χ1v) is 5.37. The van der Waals surface area contributed by atoms with Crippen LogP contribution in [0.1, 0.15) is 24.2 Å². The molecule has 2 unspecified atom stereocenters. The molecule has 1 aromatic carbocycles. The minimum absolute atomic E-state index is 0.0637. The van der Waals surface area contributed by atoms with Crippen molar-refractivity contribution in [1.82, 2.24) is 0 Å². The van der Waals surface area contributed by atoms with Crippen LogP contribution in [0.2, 0.25) is 5.02 Å². The van der Waals surface area contributed by atoms with E-state index in [1.165, 1.54) is 0 Å². The zero-order chi connectivity index (χ0) is 11.4. The highest BCUT2D eigenvalue weighted by Crippen LogP contribution is 2.26. The Morgan fingerprint density at radius 3 is 2.67 bits per heavy atom. The quantitative estimate of drug-likeness (QED) is 0.859. The van der Waals surface area contributed by atoms with Gasteiger partial charge in [0.15, 0.2) is 0 Å². The molecule has 1 aromatic rings. The van der Waals surface area contributed by atoms with Crippen molar-refractivity contribution in [3.63, 3.8) is 0 Å². The van der Waals surface area contributed by atoms with E-state index in [9.17, 15) is 5.11 Å². The predicted molar refractivity (Wildman–Crippen MR) is 62.2 cm³/mol. The summed E-state index contributed by atoms with van der Waals surface area (Å²) in [6.07, 6.45) is -0.525. The summed E-state index contributed by atoms with van der Waals surface area (Å²) < 4.78 is 5.01. The molecule has 0 bridgehead atoms. The van der Waals surface area contributed by atoms with E-state index in [0.717, 1.165) is 11.1 Å². The van der Waals surface area contributed by atoms with Crippen LogP contribution in [-0.2, 0) is 4.74 Å². The first kappa shape index (κ1) is 12.5. The molecule has 0 spiro atoms. The first-order chi connectivity index (χ1) is 7.06. The van der Waals surface area contributed by atoms with Gasteiger partial charge in [0.25, 0.3) is 0 Å². The molecule has 3 heteroatoms. The summed E-state index contributed by atoms with van der Waals surface area (Å²) in [6, 6.07) is 5.63. The third-order valence-electron chi connectivity index (χ3n) is 2.51. The minimum Gasteiger partial charge on any atom is -0.388 e. The Bertz CT molecular complexity index is 325. The maximum Gasteiger partial charge on any atom is 0.0838 e. The van der Waals surface area contributed by atoms with Crippen LogP contribution >= 0.6 is 11.6 Å². The number of ether oxygens (including phenoxy) is 1. The lowest BCUT2D eigenvalue weighted by molar-refractivity contribution is 0.0566. The standard InChI is InChI=1S/C12H17ClO2/c1-8-4-5-10(6-11(8)13)12(14)9(2)7-15-3/h4-6,9,12,14H,7H2,1-3H3. The van der Waals surface area contributed by atoms with Crippen LogP contribution in [0.4, 0.5) is 0 Å². The Morgan fingerprint density at radius 1 is 1.47 bits per heavy atom. The molecule has 84 valence electrons. The van der Waals surface area contributed by atoms with Crippen LogP contribution in [0, 0.1) is 12.8 Å². The van der Waals surface area contributed by atoms with Gasteiger partial charge in [-0.2, -0.15) is 0 Å². The molecule has 15 heavy (non-hydrogen) atoms. The molecule has 0 aliphatic heterocycles. The van der Waals surface area contributed by atoms with Gasteiger partial charge in [0.2, 0.25) is 0 Å². The third kappa shape index (κ3) is 3.20. The Hall–Kier alpha value is -0.570. The number of hydrogen-bond acceptors (Lipinski definition) is 2. The summed E-state index contributed by atoms with van der Waals surface area (Å²) in [6.45, 7) is 4.42. The summed E-state index contributed by atoms with van der Waals surface area (Å²) in [5.41, 5.74) is 1.86. The SMILES string of the molecule is COCC(C)C(O)c1ccc(C)c(Cl)c1. The lowest BCUT2D eigenvalue weighted by Gasteiger charge is -2.18. The third-order valence-corrected chi connectivity index (χ3v) is 2.91. The number of aryl methyl sites for hydroxylation is 1. The highest BCUT2D eigenvalue weighted by atomic mass is 35.5. The highest BCUT2D eigenvalue weighted by molar-refractivity contribution is 6.31. The summed E-state index contributed by atoms with van der Waals surface area (Å²) in [5, 5.41) is 10.7. The van der Waals surface area contributed by atoms with Crippen LogP contribution in [0.25, 0.3) is 0 Å². The molecule has 0 saturated carbocycles. The van der Waals surface area contributed by atoms with Gasteiger partial charge in [-0.15, -0.1) is 0 Å². The first-order valence-electron chi connectivity index (χ1n) is 4.99. The largest absolute Gasteiger partial charge is 0.388 e. The monoisotopic (exact) mass is 228 g/mol. The van der Waals surface area contributed by atoms with Crippen molar-refractivity contribution in [2.24, 2.45) is 5.92 Å². The van der Waals surface area contributed by atoms with E-state index < -0.39 is 6.10 Å². The number of methoxy groups -OCH3 is 1. The molecule has 0 aliphatic carbocycles. The molecule has 0 aromatic heterocycles. The van der Waals surface area contributed by atoms with Gasteiger partial charge in [-0.3, -0.25) is 0 Å². The van der Waals surface area contributed by atoms with Crippen LogP contribution < -0.4 is 0 Å². The second-order valence-corrected chi connectivity index (χ2v) is 4.29. The summed E-state index contributed by atoms with van der Waals surface area (Å²) in [5.74, 6) is 0.0637. The van der Waals surface area contributed by atoms with Crippen molar-refractivity contribution in [2.45, 2.75) is 20.0 Å². The van der Waals surface area contributed by atoms with Crippen LogP contribution in [0.15, 0.2) is 18.2 Å². The molecule has 1 rings (SSSR count).